The molecule has 3 aromatic carbocycles. The number of hydrogen-bond acceptors (Lipinski definition) is 1. The van der Waals surface area contributed by atoms with Crippen molar-refractivity contribution in [2.75, 3.05) is 0 Å². The molecule has 0 unspecified atom stereocenters. The second-order valence-corrected chi connectivity index (χ2v) is 8.55. The van der Waals surface area contributed by atoms with Gasteiger partial charge in [-0.05, 0) is 83.3 Å². The van der Waals surface area contributed by atoms with Gasteiger partial charge < -0.3 is 4.74 Å². The second-order valence-electron chi connectivity index (χ2n) is 8.55. The first-order chi connectivity index (χ1) is 16.2. The Kier molecular flexibility index (Phi) is 7.05. The fourth-order valence-corrected chi connectivity index (χ4v) is 4.30. The van der Waals surface area contributed by atoms with Crippen molar-refractivity contribution in [3.63, 3.8) is 0 Å². The van der Waals surface area contributed by atoms with E-state index in [0.717, 1.165) is 47.2 Å². The highest BCUT2D eigenvalue weighted by molar-refractivity contribution is 5.85. The van der Waals surface area contributed by atoms with Gasteiger partial charge >= 0.3 is 6.36 Å². The van der Waals surface area contributed by atoms with Gasteiger partial charge in [-0.3, -0.25) is 0 Å². The van der Waals surface area contributed by atoms with E-state index < -0.39 is 23.7 Å². The number of benzene rings is 3. The van der Waals surface area contributed by atoms with Crippen LogP contribution < -0.4 is 4.74 Å². The van der Waals surface area contributed by atoms with Crippen LogP contribution in [0, 0.1) is 11.6 Å². The highest BCUT2D eigenvalue weighted by atomic mass is 19.4. The Labute approximate surface area is 195 Å². The summed E-state index contributed by atoms with van der Waals surface area (Å²) in [5, 5.41) is 0. The van der Waals surface area contributed by atoms with Crippen LogP contribution in [-0.4, -0.2) is 6.36 Å². The zero-order chi connectivity index (χ0) is 24.3. The number of ether oxygens (including phenoxy) is 1. The van der Waals surface area contributed by atoms with Crippen molar-refractivity contribution in [1.82, 2.24) is 0 Å². The lowest BCUT2D eigenvalue weighted by atomic mass is 9.86. The molecule has 0 heterocycles. The lowest BCUT2D eigenvalue weighted by Crippen LogP contribution is -2.17. The standard InChI is InChI=1S/C28H25F5O/c1-2-3-4-5-18-6-8-19(9-7-18)20-10-11-21-15-24(25(29)17-23(21)14-20)22-12-13-27(26(30)16-22)34-28(31,32)33/h6-9,12-17H,2-5,10-11H2,1H3. The van der Waals surface area contributed by atoms with Crippen LogP contribution in [0.5, 0.6) is 5.75 Å². The third-order valence-electron chi connectivity index (χ3n) is 6.08. The highest BCUT2D eigenvalue weighted by Crippen LogP contribution is 2.36. The monoisotopic (exact) mass is 472 g/mol. The van der Waals surface area contributed by atoms with Crippen molar-refractivity contribution in [3.05, 3.63) is 88.5 Å². The van der Waals surface area contributed by atoms with Gasteiger partial charge in [0.2, 0.25) is 0 Å². The number of unbranched alkanes of at least 4 members (excludes halogenated alkanes) is 2. The zero-order valence-corrected chi connectivity index (χ0v) is 18.8. The normalized spacial score (nSPS) is 13.4. The number of aryl methyl sites for hydroxylation is 2. The Morgan fingerprint density at radius 2 is 1.56 bits per heavy atom. The van der Waals surface area contributed by atoms with Gasteiger partial charge in [0, 0.05) is 5.56 Å². The van der Waals surface area contributed by atoms with Crippen LogP contribution in [0.15, 0.2) is 54.6 Å². The van der Waals surface area contributed by atoms with Crippen molar-refractivity contribution in [1.29, 1.82) is 0 Å². The summed E-state index contributed by atoms with van der Waals surface area (Å²) in [5.41, 5.74) is 5.50. The van der Waals surface area contributed by atoms with Gasteiger partial charge in [0.05, 0.1) is 0 Å². The number of alkyl halides is 3. The Bertz CT molecular complexity index is 1190. The first-order valence-corrected chi connectivity index (χ1v) is 11.4. The molecule has 1 aliphatic carbocycles. The molecule has 0 bridgehead atoms. The largest absolute Gasteiger partial charge is 0.573 e. The molecule has 0 N–H and O–H groups in total. The van der Waals surface area contributed by atoms with Crippen LogP contribution in [-0.2, 0) is 12.8 Å². The average molecular weight is 472 g/mol. The maximum absolute atomic E-state index is 14.9. The van der Waals surface area contributed by atoms with Gasteiger partial charge in [0.1, 0.15) is 5.82 Å². The van der Waals surface area contributed by atoms with E-state index in [1.807, 2.05) is 6.08 Å². The van der Waals surface area contributed by atoms with Gasteiger partial charge in [0.25, 0.3) is 0 Å². The average Bonchev–Trinajstić information content (AvgIpc) is 2.79. The van der Waals surface area contributed by atoms with Crippen LogP contribution in [0.4, 0.5) is 22.0 Å². The summed E-state index contributed by atoms with van der Waals surface area (Å²) in [6.45, 7) is 2.18. The van der Waals surface area contributed by atoms with Gasteiger partial charge in [0.15, 0.2) is 11.6 Å². The molecule has 0 aromatic heterocycles. The Balaban J connectivity index is 1.56. The minimum absolute atomic E-state index is 0.143. The summed E-state index contributed by atoms with van der Waals surface area (Å²) < 4.78 is 69.9. The van der Waals surface area contributed by atoms with Crippen LogP contribution in [0.1, 0.15) is 54.9 Å². The Morgan fingerprint density at radius 3 is 2.24 bits per heavy atom. The first kappa shape index (κ1) is 24.0. The van der Waals surface area contributed by atoms with Crippen molar-refractivity contribution in [2.24, 2.45) is 0 Å². The Morgan fingerprint density at radius 1 is 0.824 bits per heavy atom. The lowest BCUT2D eigenvalue weighted by Gasteiger charge is -2.19. The molecule has 0 aliphatic heterocycles. The Hall–Kier alpha value is -3.15. The molecule has 6 heteroatoms. The summed E-state index contributed by atoms with van der Waals surface area (Å²) in [6, 6.07) is 14.5. The molecule has 3 aromatic rings. The summed E-state index contributed by atoms with van der Waals surface area (Å²) in [4.78, 5) is 0. The fraction of sp³-hybridized carbons (Fsp3) is 0.286. The fourth-order valence-electron chi connectivity index (χ4n) is 4.30. The molecule has 1 aliphatic rings. The van der Waals surface area contributed by atoms with E-state index in [0.29, 0.717) is 6.42 Å². The number of halogens is 5. The molecule has 0 radical (unpaired) electrons. The third kappa shape index (κ3) is 5.66. The smallest absolute Gasteiger partial charge is 0.403 e. The van der Waals surface area contributed by atoms with Crippen LogP contribution in [0.25, 0.3) is 22.8 Å². The molecular formula is C28H25F5O. The molecule has 4 rings (SSSR count). The predicted molar refractivity (Wildman–Crippen MR) is 124 cm³/mol. The summed E-state index contributed by atoms with van der Waals surface area (Å²) in [6.07, 6.45) is 3.08. The van der Waals surface area contributed by atoms with E-state index in [4.69, 9.17) is 0 Å². The number of hydrogen-bond donors (Lipinski definition) is 0. The first-order valence-electron chi connectivity index (χ1n) is 11.4. The number of allylic oxidation sites excluding steroid dienone is 1. The lowest BCUT2D eigenvalue weighted by molar-refractivity contribution is -0.275. The van der Waals surface area contributed by atoms with Gasteiger partial charge in [-0.15, -0.1) is 13.2 Å². The van der Waals surface area contributed by atoms with Crippen molar-refractivity contribution in [2.45, 2.75) is 51.8 Å². The molecule has 0 spiro atoms. The van der Waals surface area contributed by atoms with E-state index in [1.165, 1.54) is 37.0 Å². The van der Waals surface area contributed by atoms with Crippen LogP contribution in [0.2, 0.25) is 0 Å². The van der Waals surface area contributed by atoms with Gasteiger partial charge in [-0.25, -0.2) is 8.78 Å². The molecule has 0 saturated heterocycles. The third-order valence-corrected chi connectivity index (χ3v) is 6.08. The highest BCUT2D eigenvalue weighted by Gasteiger charge is 2.32. The van der Waals surface area contributed by atoms with Crippen LogP contribution >= 0.6 is 0 Å². The number of rotatable bonds is 7. The molecular weight excluding hydrogens is 447 g/mol. The molecule has 34 heavy (non-hydrogen) atoms. The van der Waals surface area contributed by atoms with Gasteiger partial charge in [-0.2, -0.15) is 0 Å². The van der Waals surface area contributed by atoms with E-state index in [2.05, 4.69) is 35.9 Å². The minimum atomic E-state index is -5.00. The topological polar surface area (TPSA) is 9.23 Å². The summed E-state index contributed by atoms with van der Waals surface area (Å²) in [7, 11) is 0. The van der Waals surface area contributed by atoms with E-state index in [1.54, 1.807) is 6.07 Å². The predicted octanol–water partition coefficient (Wildman–Crippen LogP) is 8.75. The second kappa shape index (κ2) is 10.00. The molecule has 0 saturated carbocycles. The minimum Gasteiger partial charge on any atom is -0.403 e. The summed E-state index contributed by atoms with van der Waals surface area (Å²) in [5.74, 6) is -2.71. The number of fused-ring (bicyclic) bond motifs is 1. The maximum atomic E-state index is 14.9. The molecule has 0 fully saturated rings. The molecule has 1 nitrogen and oxygen atoms in total. The van der Waals surface area contributed by atoms with Crippen molar-refractivity contribution < 1.29 is 26.7 Å². The zero-order valence-electron chi connectivity index (χ0n) is 18.8. The van der Waals surface area contributed by atoms with Crippen molar-refractivity contribution in [3.8, 4) is 16.9 Å². The molecule has 178 valence electrons. The molecule has 0 amide bonds. The summed E-state index contributed by atoms with van der Waals surface area (Å²) >= 11 is 0. The van der Waals surface area contributed by atoms with Crippen molar-refractivity contribution >= 4 is 11.6 Å². The SMILES string of the molecule is CCCCCc1ccc(C2=Cc3cc(F)c(-c4ccc(OC(F)(F)F)c(F)c4)cc3CC2)cc1. The quantitative estimate of drug-likeness (QED) is 0.247. The van der Waals surface area contributed by atoms with Gasteiger partial charge in [-0.1, -0.05) is 56.2 Å². The molecule has 0 atom stereocenters. The van der Waals surface area contributed by atoms with E-state index in [-0.39, 0.29) is 11.1 Å². The van der Waals surface area contributed by atoms with E-state index in [9.17, 15) is 22.0 Å². The maximum Gasteiger partial charge on any atom is 0.573 e. The van der Waals surface area contributed by atoms with E-state index >= 15 is 0 Å². The van der Waals surface area contributed by atoms with Crippen LogP contribution in [0.3, 0.4) is 0 Å².